The molecule has 0 aromatic carbocycles. The van der Waals surface area contributed by atoms with E-state index in [0.717, 1.165) is 12.8 Å². The number of nitrogens with two attached hydrogens (primary N) is 1. The Morgan fingerprint density at radius 1 is 1.27 bits per heavy atom. The summed E-state index contributed by atoms with van der Waals surface area (Å²) in [6, 6.07) is 0.189. The Hall–Kier alpha value is -0.120. The first kappa shape index (κ1) is 12.9. The van der Waals surface area contributed by atoms with Crippen molar-refractivity contribution in [2.45, 2.75) is 70.1 Å². The van der Waals surface area contributed by atoms with E-state index in [1.54, 1.807) is 0 Å². The molecule has 2 atom stereocenters. The molecule has 0 bridgehead atoms. The minimum absolute atomic E-state index is 0.189. The van der Waals surface area contributed by atoms with E-state index in [2.05, 4.69) is 0 Å². The largest absolute Gasteiger partial charge is 0.390 e. The monoisotopic (exact) mass is 215 g/mol. The highest BCUT2D eigenvalue weighted by Crippen LogP contribution is 2.20. The van der Waals surface area contributed by atoms with Crippen LogP contribution in [0.1, 0.15) is 52.4 Å². The predicted octanol–water partition coefficient (Wildman–Crippen LogP) is 1.82. The van der Waals surface area contributed by atoms with Crippen molar-refractivity contribution in [2.75, 3.05) is 6.61 Å². The molecule has 0 spiro atoms. The van der Waals surface area contributed by atoms with Crippen molar-refractivity contribution in [3.05, 3.63) is 0 Å². The van der Waals surface area contributed by atoms with Crippen LogP contribution in [0.15, 0.2) is 0 Å². The highest BCUT2D eigenvalue weighted by Gasteiger charge is 2.21. The Kier molecular flexibility index (Phi) is 5.03. The zero-order valence-electron chi connectivity index (χ0n) is 10.0. The van der Waals surface area contributed by atoms with Crippen LogP contribution in [0.2, 0.25) is 0 Å². The smallest absolute Gasteiger partial charge is 0.0725 e. The van der Waals surface area contributed by atoms with Gasteiger partial charge in [0.2, 0.25) is 0 Å². The van der Waals surface area contributed by atoms with Crippen molar-refractivity contribution in [1.29, 1.82) is 0 Å². The third-order valence-corrected chi connectivity index (χ3v) is 3.05. The SMILES string of the molecule is CC(C)(O)CCOC1CCCCCC1N. The lowest BCUT2D eigenvalue weighted by Gasteiger charge is -2.24. The van der Waals surface area contributed by atoms with Gasteiger partial charge in [0, 0.05) is 12.6 Å². The molecule has 3 heteroatoms. The van der Waals surface area contributed by atoms with Crippen LogP contribution in [0.3, 0.4) is 0 Å². The summed E-state index contributed by atoms with van der Waals surface area (Å²) in [5.74, 6) is 0. The molecule has 0 aliphatic heterocycles. The third kappa shape index (κ3) is 5.50. The standard InChI is InChI=1S/C12H25NO2/c1-12(2,14)8-9-15-11-7-5-3-4-6-10(11)13/h10-11,14H,3-9,13H2,1-2H3. The lowest BCUT2D eigenvalue weighted by molar-refractivity contribution is -0.0124. The van der Waals surface area contributed by atoms with E-state index >= 15 is 0 Å². The Bertz CT molecular complexity index is 177. The van der Waals surface area contributed by atoms with Gasteiger partial charge in [-0.05, 0) is 33.1 Å². The van der Waals surface area contributed by atoms with E-state index in [-0.39, 0.29) is 12.1 Å². The van der Waals surface area contributed by atoms with Crippen LogP contribution in [-0.2, 0) is 4.74 Å². The van der Waals surface area contributed by atoms with Gasteiger partial charge in [0.15, 0.2) is 0 Å². The number of rotatable bonds is 4. The van der Waals surface area contributed by atoms with Gasteiger partial charge >= 0.3 is 0 Å². The highest BCUT2D eigenvalue weighted by atomic mass is 16.5. The van der Waals surface area contributed by atoms with E-state index in [1.165, 1.54) is 19.3 Å². The fourth-order valence-corrected chi connectivity index (χ4v) is 1.97. The summed E-state index contributed by atoms with van der Waals surface area (Å²) in [5, 5.41) is 9.56. The highest BCUT2D eigenvalue weighted by molar-refractivity contribution is 4.77. The minimum atomic E-state index is -0.630. The molecule has 1 aliphatic carbocycles. The average Bonchev–Trinajstić information content (AvgIpc) is 2.30. The van der Waals surface area contributed by atoms with Gasteiger partial charge in [-0.2, -0.15) is 0 Å². The second kappa shape index (κ2) is 5.83. The van der Waals surface area contributed by atoms with Gasteiger partial charge < -0.3 is 15.6 Å². The maximum atomic E-state index is 9.56. The molecule has 1 saturated carbocycles. The van der Waals surface area contributed by atoms with Gasteiger partial charge in [-0.25, -0.2) is 0 Å². The van der Waals surface area contributed by atoms with Gasteiger partial charge in [0.1, 0.15) is 0 Å². The fourth-order valence-electron chi connectivity index (χ4n) is 1.97. The summed E-state index contributed by atoms with van der Waals surface area (Å²) in [6.07, 6.45) is 6.76. The Labute approximate surface area is 93.0 Å². The summed E-state index contributed by atoms with van der Waals surface area (Å²) < 4.78 is 5.77. The molecule has 3 nitrogen and oxygen atoms in total. The zero-order valence-corrected chi connectivity index (χ0v) is 10.0. The van der Waals surface area contributed by atoms with Crippen LogP contribution >= 0.6 is 0 Å². The lowest BCUT2D eigenvalue weighted by Crippen LogP contribution is -2.36. The quantitative estimate of drug-likeness (QED) is 0.703. The predicted molar refractivity (Wildman–Crippen MR) is 61.7 cm³/mol. The molecule has 1 fully saturated rings. The molecule has 0 aromatic heterocycles. The van der Waals surface area contributed by atoms with Gasteiger partial charge in [-0.1, -0.05) is 19.3 Å². The molecule has 2 unspecified atom stereocenters. The van der Waals surface area contributed by atoms with E-state index in [0.29, 0.717) is 13.0 Å². The number of hydrogen-bond acceptors (Lipinski definition) is 3. The second-order valence-electron chi connectivity index (χ2n) is 5.27. The number of ether oxygens (including phenoxy) is 1. The van der Waals surface area contributed by atoms with E-state index in [9.17, 15) is 5.11 Å². The average molecular weight is 215 g/mol. The fraction of sp³-hybridized carbons (Fsp3) is 1.00. The summed E-state index contributed by atoms with van der Waals surface area (Å²) in [7, 11) is 0. The van der Waals surface area contributed by atoms with Crippen LogP contribution in [0.5, 0.6) is 0 Å². The Morgan fingerprint density at radius 2 is 1.93 bits per heavy atom. The molecule has 1 rings (SSSR count). The molecule has 0 saturated heterocycles. The summed E-state index contributed by atoms with van der Waals surface area (Å²) in [5.41, 5.74) is 5.41. The van der Waals surface area contributed by atoms with E-state index in [1.807, 2.05) is 13.8 Å². The van der Waals surface area contributed by atoms with Crippen LogP contribution in [-0.4, -0.2) is 29.5 Å². The second-order valence-corrected chi connectivity index (χ2v) is 5.27. The normalized spacial score (nSPS) is 28.8. The van der Waals surface area contributed by atoms with Crippen molar-refractivity contribution in [2.24, 2.45) is 5.73 Å². The van der Waals surface area contributed by atoms with Crippen LogP contribution in [0, 0.1) is 0 Å². The third-order valence-electron chi connectivity index (χ3n) is 3.05. The lowest BCUT2D eigenvalue weighted by atomic mass is 10.1. The van der Waals surface area contributed by atoms with Crippen molar-refractivity contribution in [3.63, 3.8) is 0 Å². The first-order chi connectivity index (χ1) is 6.99. The van der Waals surface area contributed by atoms with Crippen LogP contribution < -0.4 is 5.73 Å². The number of hydrogen-bond donors (Lipinski definition) is 2. The summed E-state index contributed by atoms with van der Waals surface area (Å²) in [6.45, 7) is 4.23. The van der Waals surface area contributed by atoms with Gasteiger partial charge in [0.05, 0.1) is 11.7 Å². The maximum Gasteiger partial charge on any atom is 0.0725 e. The Balaban J connectivity index is 2.23. The van der Waals surface area contributed by atoms with Gasteiger partial charge in [-0.3, -0.25) is 0 Å². The molecule has 0 heterocycles. The summed E-state index contributed by atoms with van der Waals surface area (Å²) in [4.78, 5) is 0. The molecule has 0 aromatic rings. The van der Waals surface area contributed by atoms with Crippen molar-refractivity contribution in [3.8, 4) is 0 Å². The molecular formula is C12H25NO2. The molecule has 90 valence electrons. The van der Waals surface area contributed by atoms with E-state index < -0.39 is 5.60 Å². The summed E-state index contributed by atoms with van der Waals surface area (Å²) >= 11 is 0. The molecule has 15 heavy (non-hydrogen) atoms. The van der Waals surface area contributed by atoms with Crippen LogP contribution in [0.4, 0.5) is 0 Å². The zero-order chi connectivity index (χ0) is 11.3. The van der Waals surface area contributed by atoms with Crippen molar-refractivity contribution in [1.82, 2.24) is 0 Å². The minimum Gasteiger partial charge on any atom is -0.390 e. The van der Waals surface area contributed by atoms with E-state index in [4.69, 9.17) is 10.5 Å². The maximum absolute atomic E-state index is 9.56. The van der Waals surface area contributed by atoms with Gasteiger partial charge in [-0.15, -0.1) is 0 Å². The van der Waals surface area contributed by atoms with Crippen molar-refractivity contribution >= 4 is 0 Å². The molecule has 0 amide bonds. The number of aliphatic hydroxyl groups is 1. The topological polar surface area (TPSA) is 55.5 Å². The van der Waals surface area contributed by atoms with Crippen LogP contribution in [0.25, 0.3) is 0 Å². The molecular weight excluding hydrogens is 190 g/mol. The Morgan fingerprint density at radius 3 is 2.60 bits per heavy atom. The first-order valence-corrected chi connectivity index (χ1v) is 6.08. The molecule has 3 N–H and O–H groups in total. The molecule has 0 radical (unpaired) electrons. The first-order valence-electron chi connectivity index (χ1n) is 6.08. The molecule has 1 aliphatic rings. The van der Waals surface area contributed by atoms with Gasteiger partial charge in [0.25, 0.3) is 0 Å². The van der Waals surface area contributed by atoms with Crippen molar-refractivity contribution < 1.29 is 9.84 Å².